The molecule has 0 saturated carbocycles. The van der Waals surface area contributed by atoms with Crippen LogP contribution in [0, 0.1) is 5.82 Å². The van der Waals surface area contributed by atoms with Gasteiger partial charge in [0.1, 0.15) is 11.4 Å². The van der Waals surface area contributed by atoms with Crippen molar-refractivity contribution < 1.29 is 13.9 Å². The van der Waals surface area contributed by atoms with E-state index in [2.05, 4.69) is 5.32 Å². The fraction of sp³-hybridized carbons (Fsp3) is 0.562. The van der Waals surface area contributed by atoms with Crippen molar-refractivity contribution in [2.75, 3.05) is 20.1 Å². The average molecular weight is 331 g/mol. The molecule has 1 unspecified atom stereocenters. The monoisotopic (exact) mass is 330 g/mol. The third-order valence-electron chi connectivity index (χ3n) is 3.05. The zero-order valence-electron chi connectivity index (χ0n) is 13.7. The van der Waals surface area contributed by atoms with Crippen LogP contribution < -0.4 is 5.32 Å². The highest BCUT2D eigenvalue weighted by atomic mass is 35.5. The Kier molecular flexibility index (Phi) is 6.63. The van der Waals surface area contributed by atoms with Crippen molar-refractivity contribution in [2.24, 2.45) is 0 Å². The molecule has 22 heavy (non-hydrogen) atoms. The number of likely N-dealkylation sites (N-methyl/N-ethyl adjacent to an activating group) is 1. The van der Waals surface area contributed by atoms with Crippen molar-refractivity contribution >= 4 is 17.7 Å². The lowest BCUT2D eigenvalue weighted by Crippen LogP contribution is -2.38. The van der Waals surface area contributed by atoms with E-state index in [4.69, 9.17) is 16.3 Å². The second-order valence-electron chi connectivity index (χ2n) is 6.25. The number of amides is 1. The van der Waals surface area contributed by atoms with Crippen molar-refractivity contribution in [3.05, 3.63) is 34.6 Å². The first-order valence-electron chi connectivity index (χ1n) is 7.22. The molecule has 1 rings (SSSR count). The number of ether oxygens (including phenoxy) is 1. The molecule has 0 bridgehead atoms. The van der Waals surface area contributed by atoms with Gasteiger partial charge in [0.2, 0.25) is 0 Å². The summed E-state index contributed by atoms with van der Waals surface area (Å²) in [5.74, 6) is -0.432. The molecule has 4 nitrogen and oxygen atoms in total. The molecule has 0 heterocycles. The Morgan fingerprint density at radius 3 is 2.64 bits per heavy atom. The van der Waals surface area contributed by atoms with Gasteiger partial charge in [-0.2, -0.15) is 0 Å². The largest absolute Gasteiger partial charge is 0.444 e. The van der Waals surface area contributed by atoms with Crippen LogP contribution in [0.3, 0.4) is 0 Å². The van der Waals surface area contributed by atoms with E-state index in [1.165, 1.54) is 17.0 Å². The van der Waals surface area contributed by atoms with Gasteiger partial charge in [-0.25, -0.2) is 9.18 Å². The van der Waals surface area contributed by atoms with E-state index in [1.807, 2.05) is 27.7 Å². The molecule has 1 aromatic carbocycles. The average Bonchev–Trinajstić information content (AvgIpc) is 2.39. The Balaban J connectivity index is 2.43. The normalized spacial score (nSPS) is 12.9. The van der Waals surface area contributed by atoms with Crippen LogP contribution in [0.25, 0.3) is 0 Å². The van der Waals surface area contributed by atoms with Crippen LogP contribution in [-0.4, -0.2) is 36.7 Å². The molecule has 0 aliphatic carbocycles. The quantitative estimate of drug-likeness (QED) is 0.887. The summed E-state index contributed by atoms with van der Waals surface area (Å²) in [7, 11) is 1.68. The molecular formula is C16H24ClFN2O2. The molecule has 0 spiro atoms. The predicted octanol–water partition coefficient (Wildman–Crippen LogP) is 4.00. The first kappa shape index (κ1) is 18.7. The Morgan fingerprint density at radius 1 is 1.45 bits per heavy atom. The highest BCUT2D eigenvalue weighted by Gasteiger charge is 2.19. The fourth-order valence-corrected chi connectivity index (χ4v) is 1.90. The van der Waals surface area contributed by atoms with E-state index in [1.54, 1.807) is 13.1 Å². The molecule has 1 atom stereocenters. The molecule has 1 N–H and O–H groups in total. The van der Waals surface area contributed by atoms with E-state index in [0.29, 0.717) is 13.1 Å². The number of carbonyl (C=O) groups is 1. The van der Waals surface area contributed by atoms with Crippen LogP contribution in [0.4, 0.5) is 9.18 Å². The molecule has 124 valence electrons. The van der Waals surface area contributed by atoms with Crippen LogP contribution in [-0.2, 0) is 4.74 Å². The number of rotatable bonds is 5. The van der Waals surface area contributed by atoms with Gasteiger partial charge in [0, 0.05) is 26.2 Å². The first-order chi connectivity index (χ1) is 10.1. The summed E-state index contributed by atoms with van der Waals surface area (Å²) in [6.45, 7) is 8.48. The number of nitrogens with zero attached hydrogens (tertiary/aromatic N) is 1. The number of carbonyl (C=O) groups excluding carboxylic acids is 1. The Morgan fingerprint density at radius 2 is 2.09 bits per heavy atom. The van der Waals surface area contributed by atoms with Gasteiger partial charge in [0.15, 0.2) is 0 Å². The Hall–Kier alpha value is -1.33. The van der Waals surface area contributed by atoms with Crippen LogP contribution >= 0.6 is 11.6 Å². The smallest absolute Gasteiger partial charge is 0.410 e. The molecule has 1 amide bonds. The van der Waals surface area contributed by atoms with Gasteiger partial charge in [0.25, 0.3) is 0 Å². The SMILES string of the molecule is CC(NCCN(C)C(=O)OC(C)(C)C)c1ccc(Cl)c(F)c1. The second kappa shape index (κ2) is 7.79. The van der Waals surface area contributed by atoms with Crippen molar-refractivity contribution in [3.63, 3.8) is 0 Å². The molecule has 0 aliphatic rings. The maximum absolute atomic E-state index is 13.4. The van der Waals surface area contributed by atoms with Gasteiger partial charge in [-0.15, -0.1) is 0 Å². The van der Waals surface area contributed by atoms with E-state index in [9.17, 15) is 9.18 Å². The number of benzene rings is 1. The summed E-state index contributed by atoms with van der Waals surface area (Å²) in [5.41, 5.74) is 0.300. The minimum atomic E-state index is -0.507. The van der Waals surface area contributed by atoms with Gasteiger partial charge in [0.05, 0.1) is 5.02 Å². The predicted molar refractivity (Wildman–Crippen MR) is 86.7 cm³/mol. The summed E-state index contributed by atoms with van der Waals surface area (Å²) in [6, 6.07) is 4.69. The zero-order chi connectivity index (χ0) is 16.9. The molecule has 0 aliphatic heterocycles. The highest BCUT2D eigenvalue weighted by Crippen LogP contribution is 2.19. The Labute approximate surface area is 136 Å². The lowest BCUT2D eigenvalue weighted by atomic mass is 10.1. The minimum Gasteiger partial charge on any atom is -0.444 e. The summed E-state index contributed by atoms with van der Waals surface area (Å²) >= 11 is 5.67. The van der Waals surface area contributed by atoms with Gasteiger partial charge in [-0.1, -0.05) is 17.7 Å². The summed E-state index contributed by atoms with van der Waals surface area (Å²) in [4.78, 5) is 13.3. The lowest BCUT2D eigenvalue weighted by molar-refractivity contribution is 0.0299. The summed E-state index contributed by atoms with van der Waals surface area (Å²) in [6.07, 6.45) is -0.362. The zero-order valence-corrected chi connectivity index (χ0v) is 14.5. The summed E-state index contributed by atoms with van der Waals surface area (Å²) < 4.78 is 18.7. The van der Waals surface area contributed by atoms with E-state index >= 15 is 0 Å². The molecule has 6 heteroatoms. The van der Waals surface area contributed by atoms with Crippen LogP contribution in [0.1, 0.15) is 39.3 Å². The van der Waals surface area contributed by atoms with Crippen molar-refractivity contribution in [3.8, 4) is 0 Å². The van der Waals surface area contributed by atoms with Crippen molar-refractivity contribution in [1.29, 1.82) is 0 Å². The standard InChI is InChI=1S/C16H24ClFN2O2/c1-11(12-6-7-13(17)14(18)10-12)19-8-9-20(5)15(21)22-16(2,3)4/h6-7,10-11,19H,8-9H2,1-5H3. The third kappa shape index (κ3) is 6.20. The number of hydrogen-bond donors (Lipinski definition) is 1. The molecular weight excluding hydrogens is 307 g/mol. The van der Waals surface area contributed by atoms with Gasteiger partial charge in [-0.05, 0) is 45.4 Å². The number of hydrogen-bond acceptors (Lipinski definition) is 3. The molecule has 0 aromatic heterocycles. The van der Waals surface area contributed by atoms with Crippen LogP contribution in [0.15, 0.2) is 18.2 Å². The summed E-state index contributed by atoms with van der Waals surface area (Å²) in [5, 5.41) is 3.35. The van der Waals surface area contributed by atoms with E-state index in [-0.39, 0.29) is 17.2 Å². The van der Waals surface area contributed by atoms with Gasteiger partial charge >= 0.3 is 6.09 Å². The third-order valence-corrected chi connectivity index (χ3v) is 3.35. The van der Waals surface area contributed by atoms with E-state index in [0.717, 1.165) is 5.56 Å². The van der Waals surface area contributed by atoms with Crippen molar-refractivity contribution in [1.82, 2.24) is 10.2 Å². The Bertz CT molecular complexity index is 517. The fourth-order valence-electron chi connectivity index (χ4n) is 1.78. The highest BCUT2D eigenvalue weighted by molar-refractivity contribution is 6.30. The minimum absolute atomic E-state index is 0.0428. The lowest BCUT2D eigenvalue weighted by Gasteiger charge is -2.25. The topological polar surface area (TPSA) is 41.6 Å². The van der Waals surface area contributed by atoms with Crippen LogP contribution in [0.5, 0.6) is 0 Å². The maximum atomic E-state index is 13.4. The van der Waals surface area contributed by atoms with Crippen molar-refractivity contribution in [2.45, 2.75) is 39.3 Å². The molecule has 0 radical (unpaired) electrons. The molecule has 0 fully saturated rings. The maximum Gasteiger partial charge on any atom is 0.410 e. The molecule has 0 saturated heterocycles. The van der Waals surface area contributed by atoms with E-state index < -0.39 is 11.4 Å². The van der Waals surface area contributed by atoms with Crippen LogP contribution in [0.2, 0.25) is 5.02 Å². The van der Waals surface area contributed by atoms with Gasteiger partial charge < -0.3 is 15.0 Å². The first-order valence-corrected chi connectivity index (χ1v) is 7.60. The molecule has 1 aromatic rings. The number of nitrogens with one attached hydrogen (secondary N) is 1. The second-order valence-corrected chi connectivity index (χ2v) is 6.66. The van der Waals surface area contributed by atoms with Gasteiger partial charge in [-0.3, -0.25) is 0 Å². The number of halogens is 2.